The van der Waals surface area contributed by atoms with E-state index in [9.17, 15) is 18.0 Å². The first-order valence-corrected chi connectivity index (χ1v) is 8.36. The molecule has 2 N–H and O–H groups in total. The average molecular weight is 362 g/mol. The quantitative estimate of drug-likeness (QED) is 0.767. The fraction of sp³-hybridized carbons (Fsp3) is 0.308. The second-order valence-corrected chi connectivity index (χ2v) is 6.48. The van der Waals surface area contributed by atoms with Gasteiger partial charge in [-0.1, -0.05) is 35.2 Å². The Morgan fingerprint density at radius 2 is 2.04 bits per heavy atom. The van der Waals surface area contributed by atoms with Gasteiger partial charge in [-0.25, -0.2) is 0 Å². The monoisotopic (exact) mass is 362 g/mol. The van der Waals surface area contributed by atoms with Crippen LogP contribution in [-0.2, 0) is 11.0 Å². The van der Waals surface area contributed by atoms with E-state index >= 15 is 0 Å². The van der Waals surface area contributed by atoms with E-state index in [0.717, 1.165) is 17.8 Å². The molecule has 1 aromatic heterocycles. The number of rotatable bonds is 6. The normalized spacial score (nSPS) is 11.3. The Bertz CT molecular complexity index is 675. The topological polar surface area (TPSA) is 66.9 Å². The Labute approximate surface area is 138 Å². The number of amides is 1. The van der Waals surface area contributed by atoms with Gasteiger partial charge in [-0.3, -0.25) is 4.79 Å². The molecule has 10 heteroatoms. The van der Waals surface area contributed by atoms with Crippen LogP contribution in [0.4, 0.5) is 24.0 Å². The summed E-state index contributed by atoms with van der Waals surface area (Å²) in [5.74, 6) is -0.584. The number of carbonyl (C=O) groups excluding carboxylic acids is 1. The number of hydrogen-bond donors (Lipinski definition) is 2. The number of aromatic nitrogens is 2. The summed E-state index contributed by atoms with van der Waals surface area (Å²) in [6, 6.07) is 4.86. The molecule has 0 spiro atoms. The lowest BCUT2D eigenvalue weighted by Gasteiger charge is -2.13. The molecule has 0 fully saturated rings. The van der Waals surface area contributed by atoms with Crippen LogP contribution >= 0.6 is 23.1 Å². The fourth-order valence-electron chi connectivity index (χ4n) is 1.64. The number of benzene rings is 1. The Morgan fingerprint density at radius 3 is 2.74 bits per heavy atom. The summed E-state index contributed by atoms with van der Waals surface area (Å²) in [6.07, 6.45) is -4.52. The maximum absolute atomic E-state index is 12.8. The van der Waals surface area contributed by atoms with Crippen molar-refractivity contribution in [2.45, 2.75) is 17.4 Å². The van der Waals surface area contributed by atoms with Crippen LogP contribution in [-0.4, -0.2) is 28.4 Å². The third-order valence-electron chi connectivity index (χ3n) is 2.57. The van der Waals surface area contributed by atoms with Gasteiger partial charge >= 0.3 is 6.18 Å². The zero-order chi connectivity index (χ0) is 16.9. The molecule has 0 saturated heterocycles. The van der Waals surface area contributed by atoms with Crippen molar-refractivity contribution in [2.75, 3.05) is 22.9 Å². The molecule has 2 aromatic rings. The second kappa shape index (κ2) is 7.64. The van der Waals surface area contributed by atoms with E-state index in [2.05, 4.69) is 20.8 Å². The van der Waals surface area contributed by atoms with E-state index in [1.807, 2.05) is 6.92 Å². The highest BCUT2D eigenvalue weighted by molar-refractivity contribution is 8.01. The van der Waals surface area contributed by atoms with Gasteiger partial charge < -0.3 is 10.6 Å². The van der Waals surface area contributed by atoms with Gasteiger partial charge in [-0.05, 0) is 19.1 Å². The maximum atomic E-state index is 12.8. The first-order valence-electron chi connectivity index (χ1n) is 6.56. The van der Waals surface area contributed by atoms with Gasteiger partial charge in [0.25, 0.3) is 0 Å². The smallest absolute Gasteiger partial charge is 0.360 e. The first kappa shape index (κ1) is 17.5. The van der Waals surface area contributed by atoms with Crippen molar-refractivity contribution in [3.05, 3.63) is 29.8 Å². The van der Waals surface area contributed by atoms with E-state index in [1.165, 1.54) is 29.5 Å². The summed E-state index contributed by atoms with van der Waals surface area (Å²) < 4.78 is 39.1. The number of thioether (sulfide) groups is 1. The van der Waals surface area contributed by atoms with Crippen LogP contribution in [0.15, 0.2) is 28.6 Å². The van der Waals surface area contributed by atoms with Crippen molar-refractivity contribution < 1.29 is 18.0 Å². The summed E-state index contributed by atoms with van der Waals surface area (Å²) in [6.45, 7) is 2.62. The van der Waals surface area contributed by atoms with Crippen molar-refractivity contribution >= 4 is 39.8 Å². The lowest BCUT2D eigenvalue weighted by Crippen LogP contribution is -2.18. The predicted octanol–water partition coefficient (Wildman–Crippen LogP) is 3.72. The van der Waals surface area contributed by atoms with Crippen molar-refractivity contribution in [3.63, 3.8) is 0 Å². The number of para-hydroxylation sites is 1. The average Bonchev–Trinajstić information content (AvgIpc) is 2.93. The molecular weight excluding hydrogens is 349 g/mol. The summed E-state index contributed by atoms with van der Waals surface area (Å²) in [4.78, 5) is 11.8. The van der Waals surface area contributed by atoms with Gasteiger partial charge in [0.1, 0.15) is 0 Å². The largest absolute Gasteiger partial charge is 0.418 e. The molecule has 1 amide bonds. The van der Waals surface area contributed by atoms with Crippen molar-refractivity contribution in [3.8, 4) is 0 Å². The van der Waals surface area contributed by atoms with Gasteiger partial charge in [0.2, 0.25) is 11.0 Å². The predicted molar refractivity (Wildman–Crippen MR) is 84.9 cm³/mol. The minimum Gasteiger partial charge on any atom is -0.360 e. The molecule has 124 valence electrons. The molecular formula is C13H13F3N4OS2. The highest BCUT2D eigenvalue weighted by atomic mass is 32.2. The van der Waals surface area contributed by atoms with Gasteiger partial charge in [0, 0.05) is 6.54 Å². The van der Waals surface area contributed by atoms with Gasteiger partial charge in [0.15, 0.2) is 4.34 Å². The number of hydrogen-bond acceptors (Lipinski definition) is 6. The Hall–Kier alpha value is -1.81. The van der Waals surface area contributed by atoms with Crippen LogP contribution in [0.2, 0.25) is 0 Å². The number of carbonyl (C=O) groups is 1. The van der Waals surface area contributed by atoms with E-state index < -0.39 is 17.6 Å². The van der Waals surface area contributed by atoms with Crippen molar-refractivity contribution in [2.24, 2.45) is 0 Å². The minimum absolute atomic E-state index is 0.0487. The molecule has 23 heavy (non-hydrogen) atoms. The second-order valence-electron chi connectivity index (χ2n) is 4.28. The van der Waals surface area contributed by atoms with E-state index in [0.29, 0.717) is 16.0 Å². The van der Waals surface area contributed by atoms with Crippen LogP contribution in [0.5, 0.6) is 0 Å². The molecule has 0 aliphatic rings. The summed E-state index contributed by atoms with van der Waals surface area (Å²) >= 11 is 2.40. The van der Waals surface area contributed by atoms with Gasteiger partial charge in [-0.15, -0.1) is 10.2 Å². The fourth-order valence-corrected chi connectivity index (χ4v) is 3.26. The molecule has 1 heterocycles. The van der Waals surface area contributed by atoms with E-state index in [4.69, 9.17) is 0 Å². The van der Waals surface area contributed by atoms with Gasteiger partial charge in [0.05, 0.1) is 17.0 Å². The molecule has 5 nitrogen and oxygen atoms in total. The number of halogens is 3. The lowest BCUT2D eigenvalue weighted by molar-refractivity contribution is -0.137. The van der Waals surface area contributed by atoms with Crippen LogP contribution in [0.1, 0.15) is 12.5 Å². The number of nitrogens with zero attached hydrogens (tertiary/aromatic N) is 2. The zero-order valence-electron chi connectivity index (χ0n) is 12.0. The number of alkyl halides is 3. The van der Waals surface area contributed by atoms with Crippen LogP contribution < -0.4 is 10.6 Å². The molecule has 0 bridgehead atoms. The molecule has 0 saturated carbocycles. The number of anilines is 2. The third kappa shape index (κ3) is 5.10. The summed E-state index contributed by atoms with van der Waals surface area (Å²) in [5.41, 5.74) is -1.13. The van der Waals surface area contributed by atoms with Crippen LogP contribution in [0.25, 0.3) is 0 Å². The zero-order valence-corrected chi connectivity index (χ0v) is 13.6. The number of nitrogens with one attached hydrogen (secondary N) is 2. The minimum atomic E-state index is -4.52. The first-order chi connectivity index (χ1) is 10.9. The standard InChI is InChI=1S/C13H13F3N4OS2/c1-2-17-11-19-20-12(23-11)22-7-10(21)18-9-6-4-3-5-8(9)13(14,15)16/h3-6H,2,7H2,1H3,(H,17,19)(H,18,21). The Morgan fingerprint density at radius 1 is 1.30 bits per heavy atom. The highest BCUT2D eigenvalue weighted by Gasteiger charge is 2.33. The van der Waals surface area contributed by atoms with Crippen molar-refractivity contribution in [1.29, 1.82) is 0 Å². The third-order valence-corrected chi connectivity index (χ3v) is 4.58. The molecule has 1 aromatic carbocycles. The molecule has 0 unspecified atom stereocenters. The van der Waals surface area contributed by atoms with Crippen molar-refractivity contribution in [1.82, 2.24) is 10.2 Å². The molecule has 0 radical (unpaired) electrons. The van der Waals surface area contributed by atoms with Crippen LogP contribution in [0.3, 0.4) is 0 Å². The lowest BCUT2D eigenvalue weighted by atomic mass is 10.1. The molecule has 0 aliphatic heterocycles. The molecule has 0 atom stereocenters. The van der Waals surface area contributed by atoms with E-state index in [-0.39, 0.29) is 11.4 Å². The van der Waals surface area contributed by atoms with E-state index in [1.54, 1.807) is 0 Å². The summed E-state index contributed by atoms with van der Waals surface area (Å²) in [7, 11) is 0. The Balaban J connectivity index is 1.95. The SMILES string of the molecule is CCNc1nnc(SCC(=O)Nc2ccccc2C(F)(F)F)s1. The Kier molecular flexibility index (Phi) is 5.83. The van der Waals surface area contributed by atoms with Gasteiger partial charge in [-0.2, -0.15) is 13.2 Å². The molecule has 2 rings (SSSR count). The maximum Gasteiger partial charge on any atom is 0.418 e. The van der Waals surface area contributed by atoms with Crippen LogP contribution in [0, 0.1) is 0 Å². The molecule has 0 aliphatic carbocycles. The summed E-state index contributed by atoms with van der Waals surface area (Å²) in [5, 5.41) is 13.7. The highest BCUT2D eigenvalue weighted by Crippen LogP contribution is 2.34.